The molecule has 0 aromatic carbocycles. The molecule has 3 nitrogen and oxygen atoms in total. The standard InChI is InChI=1S/C14H20O3/c1-9-6-11-7-10-4-5-13(11,8-9)14(16-2,17-3)12(10)15/h8,10-11H,4-7H2,1-3H3/t10-,11?,13-/m0/s1. The third kappa shape index (κ3) is 1.12. The molecule has 0 aliphatic heterocycles. The minimum atomic E-state index is -1.02. The van der Waals surface area contributed by atoms with E-state index in [1.807, 2.05) is 0 Å². The van der Waals surface area contributed by atoms with Gasteiger partial charge in [0, 0.05) is 20.1 Å². The molecule has 3 heteroatoms. The Morgan fingerprint density at radius 1 is 1.35 bits per heavy atom. The van der Waals surface area contributed by atoms with Crippen LogP contribution in [0.1, 0.15) is 32.6 Å². The number of methoxy groups -OCH3 is 2. The molecule has 0 saturated heterocycles. The van der Waals surface area contributed by atoms with E-state index >= 15 is 0 Å². The van der Waals surface area contributed by atoms with Gasteiger partial charge in [-0.2, -0.15) is 0 Å². The van der Waals surface area contributed by atoms with Crippen LogP contribution in [0.25, 0.3) is 0 Å². The molecule has 0 N–H and O–H groups in total. The van der Waals surface area contributed by atoms with Crippen LogP contribution in [0.15, 0.2) is 11.6 Å². The number of ketones is 1. The minimum absolute atomic E-state index is 0.140. The number of fused-ring (bicyclic) bond motifs is 2. The first-order valence-corrected chi connectivity index (χ1v) is 6.42. The van der Waals surface area contributed by atoms with E-state index in [1.165, 1.54) is 5.57 Å². The molecule has 0 aromatic heterocycles. The van der Waals surface area contributed by atoms with E-state index in [2.05, 4.69) is 13.0 Å². The number of allylic oxidation sites excluding steroid dienone is 1. The molecule has 4 aliphatic carbocycles. The quantitative estimate of drug-likeness (QED) is 0.545. The van der Waals surface area contributed by atoms with Crippen LogP contribution >= 0.6 is 0 Å². The van der Waals surface area contributed by atoms with Crippen molar-refractivity contribution in [2.75, 3.05) is 14.2 Å². The van der Waals surface area contributed by atoms with E-state index in [-0.39, 0.29) is 17.1 Å². The van der Waals surface area contributed by atoms with Gasteiger partial charge in [0.05, 0.1) is 5.41 Å². The summed E-state index contributed by atoms with van der Waals surface area (Å²) in [5, 5.41) is 0. The number of hydrogen-bond acceptors (Lipinski definition) is 3. The highest BCUT2D eigenvalue weighted by atomic mass is 16.7. The van der Waals surface area contributed by atoms with Crippen molar-refractivity contribution in [1.82, 2.24) is 0 Å². The van der Waals surface area contributed by atoms with Crippen molar-refractivity contribution in [3.05, 3.63) is 11.6 Å². The largest absolute Gasteiger partial charge is 0.346 e. The first kappa shape index (κ1) is 11.4. The lowest BCUT2D eigenvalue weighted by Gasteiger charge is -2.57. The fraction of sp³-hybridized carbons (Fsp3) is 0.786. The van der Waals surface area contributed by atoms with Crippen molar-refractivity contribution < 1.29 is 14.3 Å². The number of hydrogen-bond donors (Lipinski definition) is 0. The number of carbonyl (C=O) groups excluding carboxylic acids is 1. The second-order valence-electron chi connectivity index (χ2n) is 5.79. The van der Waals surface area contributed by atoms with Gasteiger partial charge in [0.1, 0.15) is 0 Å². The van der Waals surface area contributed by atoms with Gasteiger partial charge < -0.3 is 9.47 Å². The smallest absolute Gasteiger partial charge is 0.238 e. The van der Waals surface area contributed by atoms with Crippen LogP contribution in [0.3, 0.4) is 0 Å². The zero-order valence-electron chi connectivity index (χ0n) is 10.8. The molecule has 0 aromatic rings. The molecule has 4 aliphatic rings. The predicted molar refractivity (Wildman–Crippen MR) is 63.4 cm³/mol. The molecule has 3 atom stereocenters. The average Bonchev–Trinajstić information content (AvgIpc) is 2.66. The van der Waals surface area contributed by atoms with Crippen LogP contribution in [-0.2, 0) is 14.3 Å². The van der Waals surface area contributed by atoms with Crippen LogP contribution in [0.5, 0.6) is 0 Å². The zero-order valence-corrected chi connectivity index (χ0v) is 10.8. The van der Waals surface area contributed by atoms with Crippen LogP contribution in [-0.4, -0.2) is 25.8 Å². The Hall–Kier alpha value is -0.670. The maximum absolute atomic E-state index is 12.5. The summed E-state index contributed by atoms with van der Waals surface area (Å²) in [6, 6.07) is 0. The summed E-state index contributed by atoms with van der Waals surface area (Å²) in [7, 11) is 3.21. The number of ether oxygens (including phenoxy) is 2. The first-order chi connectivity index (χ1) is 8.09. The van der Waals surface area contributed by atoms with Gasteiger partial charge in [-0.3, -0.25) is 4.79 Å². The fourth-order valence-corrected chi connectivity index (χ4v) is 4.56. The Balaban J connectivity index is 2.16. The van der Waals surface area contributed by atoms with Crippen molar-refractivity contribution in [2.24, 2.45) is 17.3 Å². The van der Waals surface area contributed by atoms with E-state index in [4.69, 9.17) is 9.47 Å². The van der Waals surface area contributed by atoms with Crippen molar-refractivity contribution in [1.29, 1.82) is 0 Å². The minimum Gasteiger partial charge on any atom is -0.346 e. The summed E-state index contributed by atoms with van der Waals surface area (Å²) in [6.45, 7) is 2.15. The van der Waals surface area contributed by atoms with E-state index in [0.717, 1.165) is 25.7 Å². The lowest BCUT2D eigenvalue weighted by molar-refractivity contribution is -0.283. The Morgan fingerprint density at radius 3 is 2.71 bits per heavy atom. The highest BCUT2D eigenvalue weighted by Gasteiger charge is 2.69. The number of rotatable bonds is 2. The van der Waals surface area contributed by atoms with Gasteiger partial charge in [0.15, 0.2) is 5.78 Å². The topological polar surface area (TPSA) is 35.5 Å². The summed E-state index contributed by atoms with van der Waals surface area (Å²) < 4.78 is 11.2. The molecule has 17 heavy (non-hydrogen) atoms. The second kappa shape index (κ2) is 3.42. The molecule has 0 heterocycles. The summed E-state index contributed by atoms with van der Waals surface area (Å²) in [4.78, 5) is 12.5. The van der Waals surface area contributed by atoms with Crippen molar-refractivity contribution in [3.8, 4) is 0 Å². The average molecular weight is 236 g/mol. The van der Waals surface area contributed by atoms with Gasteiger partial charge in [-0.05, 0) is 38.5 Å². The molecule has 94 valence electrons. The molecule has 3 fully saturated rings. The van der Waals surface area contributed by atoms with E-state index in [9.17, 15) is 4.79 Å². The van der Waals surface area contributed by atoms with Crippen molar-refractivity contribution in [3.63, 3.8) is 0 Å². The summed E-state index contributed by atoms with van der Waals surface area (Å²) in [5.74, 6) is -0.188. The lowest BCUT2D eigenvalue weighted by Crippen LogP contribution is -2.66. The normalized spacial score (nSPS) is 42.5. The summed E-state index contributed by atoms with van der Waals surface area (Å²) in [5.41, 5.74) is 1.18. The first-order valence-electron chi connectivity index (χ1n) is 6.42. The van der Waals surface area contributed by atoms with Gasteiger partial charge in [-0.15, -0.1) is 0 Å². The maximum atomic E-state index is 12.5. The zero-order chi connectivity index (χ0) is 12.3. The van der Waals surface area contributed by atoms with Crippen LogP contribution in [0.4, 0.5) is 0 Å². The summed E-state index contributed by atoms with van der Waals surface area (Å²) in [6.07, 6.45) is 6.39. The highest BCUT2D eigenvalue weighted by molar-refractivity contribution is 5.91. The highest BCUT2D eigenvalue weighted by Crippen LogP contribution is 2.64. The molecule has 1 unspecified atom stereocenters. The van der Waals surface area contributed by atoms with Gasteiger partial charge in [-0.25, -0.2) is 0 Å². The van der Waals surface area contributed by atoms with Gasteiger partial charge in [-0.1, -0.05) is 11.6 Å². The van der Waals surface area contributed by atoms with Gasteiger partial charge >= 0.3 is 0 Å². The number of carbonyl (C=O) groups is 1. The molecule has 0 radical (unpaired) electrons. The third-order valence-corrected chi connectivity index (χ3v) is 5.16. The van der Waals surface area contributed by atoms with Gasteiger partial charge in [0.2, 0.25) is 5.79 Å². The van der Waals surface area contributed by atoms with Crippen LogP contribution in [0, 0.1) is 17.3 Å². The van der Waals surface area contributed by atoms with E-state index < -0.39 is 5.79 Å². The van der Waals surface area contributed by atoms with Crippen molar-refractivity contribution in [2.45, 2.75) is 38.4 Å². The molecule has 0 amide bonds. The SMILES string of the molecule is COC1(OC)C(=O)[C@H]2CC[C@@]13C=C(C)CC3C2. The number of Topliss-reactive ketones (excluding diaryl/α,β-unsaturated/α-hetero) is 1. The summed E-state index contributed by atoms with van der Waals surface area (Å²) >= 11 is 0. The van der Waals surface area contributed by atoms with Crippen LogP contribution < -0.4 is 0 Å². The fourth-order valence-electron chi connectivity index (χ4n) is 4.56. The van der Waals surface area contributed by atoms with Gasteiger partial charge in [0.25, 0.3) is 0 Å². The second-order valence-corrected chi connectivity index (χ2v) is 5.79. The Bertz CT molecular complexity index is 394. The van der Waals surface area contributed by atoms with Crippen molar-refractivity contribution >= 4 is 5.78 Å². The third-order valence-electron chi connectivity index (χ3n) is 5.16. The molecule has 4 rings (SSSR count). The predicted octanol–water partition coefficient (Wildman–Crippen LogP) is 2.31. The molecular formula is C14H20O3. The Morgan fingerprint density at radius 2 is 2.06 bits per heavy atom. The Labute approximate surface area is 102 Å². The Kier molecular flexibility index (Phi) is 2.30. The lowest BCUT2D eigenvalue weighted by atomic mass is 9.52. The van der Waals surface area contributed by atoms with E-state index in [0.29, 0.717) is 5.92 Å². The molecule has 1 spiro atoms. The molecular weight excluding hydrogens is 216 g/mol. The monoisotopic (exact) mass is 236 g/mol. The van der Waals surface area contributed by atoms with Crippen LogP contribution in [0.2, 0.25) is 0 Å². The maximum Gasteiger partial charge on any atom is 0.238 e. The molecule has 2 bridgehead atoms. The van der Waals surface area contributed by atoms with E-state index in [1.54, 1.807) is 14.2 Å². The molecule has 3 saturated carbocycles.